The van der Waals surface area contributed by atoms with E-state index < -0.39 is 0 Å². The summed E-state index contributed by atoms with van der Waals surface area (Å²) in [6.07, 6.45) is 3.47. The third-order valence-corrected chi connectivity index (χ3v) is 3.86. The molecule has 1 unspecified atom stereocenters. The second-order valence-corrected chi connectivity index (χ2v) is 5.11. The molecule has 1 fully saturated rings. The van der Waals surface area contributed by atoms with Crippen LogP contribution in [0.15, 0.2) is 6.07 Å². The Bertz CT molecular complexity index is 428. The first kappa shape index (κ1) is 13.5. The monoisotopic (exact) mass is 269 g/mol. The lowest BCUT2D eigenvalue weighted by Crippen LogP contribution is -2.24. The number of halogens is 1. The van der Waals surface area contributed by atoms with Crippen molar-refractivity contribution in [3.8, 4) is 11.5 Å². The fourth-order valence-corrected chi connectivity index (χ4v) is 2.89. The van der Waals surface area contributed by atoms with Crippen molar-refractivity contribution in [1.82, 2.24) is 5.32 Å². The second-order valence-electron chi connectivity index (χ2n) is 4.71. The highest BCUT2D eigenvalue weighted by Crippen LogP contribution is 2.40. The van der Waals surface area contributed by atoms with Crippen LogP contribution in [-0.2, 0) is 6.42 Å². The van der Waals surface area contributed by atoms with Crippen molar-refractivity contribution in [2.45, 2.75) is 32.2 Å². The number of ether oxygens (including phenoxy) is 2. The summed E-state index contributed by atoms with van der Waals surface area (Å²) >= 11 is 6.25. The maximum Gasteiger partial charge on any atom is 0.179 e. The van der Waals surface area contributed by atoms with E-state index in [0.29, 0.717) is 16.8 Å². The first-order valence-electron chi connectivity index (χ1n) is 6.30. The van der Waals surface area contributed by atoms with E-state index in [4.69, 9.17) is 21.1 Å². The van der Waals surface area contributed by atoms with Gasteiger partial charge in [-0.25, -0.2) is 0 Å². The fraction of sp³-hybridized carbons (Fsp3) is 0.571. The Balaban J connectivity index is 2.32. The molecule has 0 saturated carbocycles. The average molecular weight is 270 g/mol. The van der Waals surface area contributed by atoms with Gasteiger partial charge in [0.1, 0.15) is 0 Å². The van der Waals surface area contributed by atoms with Gasteiger partial charge in [-0.3, -0.25) is 0 Å². The van der Waals surface area contributed by atoms with Crippen molar-refractivity contribution in [2.75, 3.05) is 20.8 Å². The van der Waals surface area contributed by atoms with Gasteiger partial charge >= 0.3 is 0 Å². The molecule has 0 aromatic heterocycles. The van der Waals surface area contributed by atoms with E-state index in [-0.39, 0.29) is 0 Å². The fourth-order valence-electron chi connectivity index (χ4n) is 2.60. The van der Waals surface area contributed by atoms with Gasteiger partial charge in [0, 0.05) is 6.04 Å². The Hall–Kier alpha value is -0.930. The summed E-state index contributed by atoms with van der Waals surface area (Å²) in [6, 6.07) is 2.55. The lowest BCUT2D eigenvalue weighted by Gasteiger charge is -2.18. The molecule has 1 heterocycles. The molecule has 18 heavy (non-hydrogen) atoms. The van der Waals surface area contributed by atoms with Crippen LogP contribution in [0.25, 0.3) is 0 Å². The second kappa shape index (κ2) is 5.81. The minimum Gasteiger partial charge on any atom is -0.493 e. The predicted octanol–water partition coefficient (Wildman–Crippen LogP) is 2.96. The van der Waals surface area contributed by atoms with E-state index in [1.54, 1.807) is 14.2 Å². The van der Waals surface area contributed by atoms with Gasteiger partial charge < -0.3 is 14.8 Å². The van der Waals surface area contributed by atoms with Crippen LogP contribution in [-0.4, -0.2) is 26.8 Å². The van der Waals surface area contributed by atoms with E-state index >= 15 is 0 Å². The Morgan fingerprint density at radius 1 is 1.33 bits per heavy atom. The van der Waals surface area contributed by atoms with Gasteiger partial charge in [-0.05, 0) is 49.9 Å². The summed E-state index contributed by atoms with van der Waals surface area (Å²) in [6.45, 7) is 3.17. The predicted molar refractivity (Wildman–Crippen MR) is 74.0 cm³/mol. The Morgan fingerprint density at radius 2 is 2.06 bits per heavy atom. The van der Waals surface area contributed by atoms with Crippen LogP contribution in [0, 0.1) is 6.92 Å². The molecule has 1 N–H and O–H groups in total. The molecule has 0 amide bonds. The van der Waals surface area contributed by atoms with Crippen LogP contribution in [0.1, 0.15) is 24.0 Å². The van der Waals surface area contributed by atoms with Crippen LogP contribution in [0.2, 0.25) is 5.02 Å². The van der Waals surface area contributed by atoms with Crippen molar-refractivity contribution in [1.29, 1.82) is 0 Å². The molecule has 0 spiro atoms. The molecule has 4 heteroatoms. The molecule has 3 nitrogen and oxygen atoms in total. The number of methoxy groups -OCH3 is 2. The van der Waals surface area contributed by atoms with Gasteiger partial charge in [-0.15, -0.1) is 0 Å². The highest BCUT2D eigenvalue weighted by atomic mass is 35.5. The number of benzene rings is 1. The highest BCUT2D eigenvalue weighted by molar-refractivity contribution is 6.32. The van der Waals surface area contributed by atoms with Crippen LogP contribution >= 0.6 is 11.6 Å². The maximum absolute atomic E-state index is 6.25. The zero-order chi connectivity index (χ0) is 13.1. The van der Waals surface area contributed by atoms with Crippen LogP contribution in [0.5, 0.6) is 11.5 Å². The topological polar surface area (TPSA) is 30.5 Å². The smallest absolute Gasteiger partial charge is 0.179 e. The molecule has 1 aliphatic rings. The first-order chi connectivity index (χ1) is 8.67. The molecule has 2 rings (SSSR count). The lowest BCUT2D eigenvalue weighted by atomic mass is 9.99. The SMILES string of the molecule is COc1c(Cl)cc(CC2CCCN2)c(C)c1OC. The molecule has 1 atom stereocenters. The molecule has 1 aliphatic heterocycles. The number of nitrogens with one attached hydrogen (secondary N) is 1. The van der Waals surface area contributed by atoms with Gasteiger partial charge in [0.15, 0.2) is 11.5 Å². The van der Waals surface area contributed by atoms with Crippen molar-refractivity contribution < 1.29 is 9.47 Å². The summed E-state index contributed by atoms with van der Waals surface area (Å²) in [5, 5.41) is 4.12. The first-order valence-corrected chi connectivity index (χ1v) is 6.68. The van der Waals surface area contributed by atoms with Crippen LogP contribution in [0.3, 0.4) is 0 Å². The number of hydrogen-bond donors (Lipinski definition) is 1. The third-order valence-electron chi connectivity index (χ3n) is 3.58. The molecule has 100 valence electrons. The van der Waals surface area contributed by atoms with Crippen molar-refractivity contribution >= 4 is 11.6 Å². The highest BCUT2D eigenvalue weighted by Gasteiger charge is 2.20. The largest absolute Gasteiger partial charge is 0.493 e. The van der Waals surface area contributed by atoms with Crippen molar-refractivity contribution in [2.24, 2.45) is 0 Å². The van der Waals surface area contributed by atoms with E-state index in [1.165, 1.54) is 18.4 Å². The van der Waals surface area contributed by atoms with E-state index in [9.17, 15) is 0 Å². The van der Waals surface area contributed by atoms with Crippen LogP contribution in [0.4, 0.5) is 0 Å². The minimum atomic E-state index is 0.554. The number of hydrogen-bond acceptors (Lipinski definition) is 3. The van der Waals surface area contributed by atoms with Gasteiger partial charge in [0.25, 0.3) is 0 Å². The molecule has 0 radical (unpaired) electrons. The summed E-state index contributed by atoms with van der Waals surface area (Å²) in [5.74, 6) is 1.37. The Morgan fingerprint density at radius 3 is 2.61 bits per heavy atom. The van der Waals surface area contributed by atoms with E-state index in [0.717, 1.165) is 24.3 Å². The summed E-state index contributed by atoms with van der Waals surface area (Å²) in [4.78, 5) is 0. The summed E-state index contributed by atoms with van der Waals surface area (Å²) < 4.78 is 10.7. The molecule has 0 aliphatic carbocycles. The normalized spacial score (nSPS) is 19.0. The zero-order valence-electron chi connectivity index (χ0n) is 11.2. The molecule has 1 aromatic carbocycles. The Labute approximate surface area is 113 Å². The summed E-state index contributed by atoms with van der Waals surface area (Å²) in [5.41, 5.74) is 2.35. The van der Waals surface area contributed by atoms with Crippen LogP contribution < -0.4 is 14.8 Å². The van der Waals surface area contributed by atoms with E-state index in [1.807, 2.05) is 6.07 Å². The average Bonchev–Trinajstić information content (AvgIpc) is 2.85. The Kier molecular flexibility index (Phi) is 4.36. The van der Waals surface area contributed by atoms with E-state index in [2.05, 4.69) is 12.2 Å². The van der Waals surface area contributed by atoms with Crippen molar-refractivity contribution in [3.05, 3.63) is 22.2 Å². The molecule has 1 saturated heterocycles. The number of rotatable bonds is 4. The van der Waals surface area contributed by atoms with Gasteiger partial charge in [-0.2, -0.15) is 0 Å². The quantitative estimate of drug-likeness (QED) is 0.912. The van der Waals surface area contributed by atoms with Gasteiger partial charge in [0.05, 0.1) is 19.2 Å². The standard InChI is InChI=1S/C14H20ClNO2/c1-9-10(7-11-5-4-6-16-11)8-12(15)14(18-3)13(9)17-2/h8,11,16H,4-7H2,1-3H3. The maximum atomic E-state index is 6.25. The molecular weight excluding hydrogens is 250 g/mol. The zero-order valence-corrected chi connectivity index (χ0v) is 11.9. The van der Waals surface area contributed by atoms with Gasteiger partial charge in [-0.1, -0.05) is 11.6 Å². The van der Waals surface area contributed by atoms with Crippen molar-refractivity contribution in [3.63, 3.8) is 0 Å². The third kappa shape index (κ3) is 2.57. The molecule has 0 bridgehead atoms. The minimum absolute atomic E-state index is 0.554. The lowest BCUT2D eigenvalue weighted by molar-refractivity contribution is 0.352. The van der Waals surface area contributed by atoms with Gasteiger partial charge in [0.2, 0.25) is 0 Å². The summed E-state index contributed by atoms with van der Waals surface area (Å²) in [7, 11) is 3.26. The molecular formula is C14H20ClNO2. The molecule has 1 aromatic rings.